The summed E-state index contributed by atoms with van der Waals surface area (Å²) in [6.45, 7) is 0. The molecular weight excluding hydrogens is 359 g/mol. The topological polar surface area (TPSA) is 20.2 Å². The van der Waals surface area contributed by atoms with E-state index in [1.807, 2.05) is 0 Å². The van der Waals surface area contributed by atoms with Gasteiger partial charge in [-0.25, -0.2) is 8.78 Å². The second kappa shape index (κ2) is 5.73. The average Bonchev–Trinajstić information content (AvgIpc) is 2.37. The monoisotopic (exact) mass is 366 g/mol. The molecule has 2 rings (SSSR count). The van der Waals surface area contributed by atoms with Crippen molar-refractivity contribution in [2.45, 2.75) is 12.3 Å². The Morgan fingerprint density at radius 3 is 2.10 bits per heavy atom. The summed E-state index contributed by atoms with van der Waals surface area (Å²) in [6.07, 6.45) is -6.48. The number of rotatable bonds is 2. The number of hydrogen-bond donors (Lipinski definition) is 1. The molecule has 0 aliphatic heterocycles. The molecular formula is C14H8BrF5O. The van der Waals surface area contributed by atoms with Gasteiger partial charge in [0.2, 0.25) is 0 Å². The van der Waals surface area contributed by atoms with Crippen molar-refractivity contribution in [1.82, 2.24) is 0 Å². The summed E-state index contributed by atoms with van der Waals surface area (Å²) in [6, 6.07) is 5.47. The molecule has 0 fully saturated rings. The first-order valence-corrected chi connectivity index (χ1v) is 6.49. The van der Waals surface area contributed by atoms with Crippen LogP contribution < -0.4 is 0 Å². The standard InChI is InChI=1S/C14H8BrF5O/c15-9-5-4-7(14(18,19)20)6-8(9)13(21)12-10(16)2-1-3-11(12)17/h1-6,13,21H. The Labute approximate surface area is 125 Å². The van der Waals surface area contributed by atoms with Crippen molar-refractivity contribution in [3.8, 4) is 0 Å². The Morgan fingerprint density at radius 2 is 1.57 bits per heavy atom. The molecule has 1 N–H and O–H groups in total. The fourth-order valence-corrected chi connectivity index (χ4v) is 2.32. The molecule has 1 nitrogen and oxygen atoms in total. The van der Waals surface area contributed by atoms with Crippen LogP contribution in [-0.2, 0) is 6.18 Å². The van der Waals surface area contributed by atoms with Crippen LogP contribution in [0.15, 0.2) is 40.9 Å². The lowest BCUT2D eigenvalue weighted by Gasteiger charge is -2.17. The highest BCUT2D eigenvalue weighted by Gasteiger charge is 2.32. The fraction of sp³-hybridized carbons (Fsp3) is 0.143. The molecule has 0 saturated heterocycles. The van der Waals surface area contributed by atoms with Gasteiger partial charge in [0.05, 0.1) is 11.1 Å². The molecule has 0 heterocycles. The largest absolute Gasteiger partial charge is 0.416 e. The molecule has 2 aromatic rings. The summed E-state index contributed by atoms with van der Waals surface area (Å²) in [5, 5.41) is 10.0. The van der Waals surface area contributed by atoms with E-state index in [9.17, 15) is 27.1 Å². The minimum Gasteiger partial charge on any atom is -0.383 e. The summed E-state index contributed by atoms with van der Waals surface area (Å²) >= 11 is 2.97. The Kier molecular flexibility index (Phi) is 4.34. The van der Waals surface area contributed by atoms with E-state index in [0.29, 0.717) is 6.07 Å². The second-order valence-electron chi connectivity index (χ2n) is 4.27. The lowest BCUT2D eigenvalue weighted by molar-refractivity contribution is -0.137. The van der Waals surface area contributed by atoms with Gasteiger partial charge in [0.25, 0.3) is 0 Å². The van der Waals surface area contributed by atoms with E-state index in [2.05, 4.69) is 15.9 Å². The van der Waals surface area contributed by atoms with Gasteiger partial charge in [0, 0.05) is 4.47 Å². The van der Waals surface area contributed by atoms with Gasteiger partial charge < -0.3 is 5.11 Å². The van der Waals surface area contributed by atoms with Gasteiger partial charge in [-0.2, -0.15) is 13.2 Å². The minimum absolute atomic E-state index is 0.116. The van der Waals surface area contributed by atoms with E-state index in [1.165, 1.54) is 0 Å². The number of halogens is 6. The Hall–Kier alpha value is -1.47. The third-order valence-electron chi connectivity index (χ3n) is 2.89. The molecule has 0 bridgehead atoms. The predicted octanol–water partition coefficient (Wildman–Crippen LogP) is 4.83. The molecule has 21 heavy (non-hydrogen) atoms. The number of aliphatic hydroxyl groups excluding tert-OH is 1. The molecule has 0 spiro atoms. The summed E-state index contributed by atoms with van der Waals surface area (Å²) in [7, 11) is 0. The zero-order valence-corrected chi connectivity index (χ0v) is 11.8. The van der Waals surface area contributed by atoms with Crippen molar-refractivity contribution in [1.29, 1.82) is 0 Å². The molecule has 0 aliphatic rings. The maximum atomic E-state index is 13.6. The van der Waals surface area contributed by atoms with E-state index in [4.69, 9.17) is 0 Å². The van der Waals surface area contributed by atoms with E-state index < -0.39 is 35.0 Å². The van der Waals surface area contributed by atoms with Crippen molar-refractivity contribution < 1.29 is 27.1 Å². The number of benzene rings is 2. The molecule has 0 saturated carbocycles. The zero-order valence-electron chi connectivity index (χ0n) is 10.3. The summed E-state index contributed by atoms with van der Waals surface area (Å²) in [5.74, 6) is -2.07. The first-order valence-electron chi connectivity index (χ1n) is 5.70. The average molecular weight is 367 g/mol. The molecule has 112 valence electrons. The quantitative estimate of drug-likeness (QED) is 0.755. The zero-order chi connectivity index (χ0) is 15.8. The van der Waals surface area contributed by atoms with E-state index in [1.54, 1.807) is 0 Å². The first-order chi connectivity index (χ1) is 9.71. The maximum absolute atomic E-state index is 13.6. The summed E-state index contributed by atoms with van der Waals surface area (Å²) in [4.78, 5) is 0. The van der Waals surface area contributed by atoms with Crippen molar-refractivity contribution >= 4 is 15.9 Å². The lowest BCUT2D eigenvalue weighted by Crippen LogP contribution is -2.10. The van der Waals surface area contributed by atoms with Gasteiger partial charge in [0.1, 0.15) is 17.7 Å². The van der Waals surface area contributed by atoms with Crippen molar-refractivity contribution in [3.63, 3.8) is 0 Å². The van der Waals surface area contributed by atoms with E-state index in [0.717, 1.165) is 30.3 Å². The molecule has 7 heteroatoms. The normalized spacial score (nSPS) is 13.3. The summed E-state index contributed by atoms with van der Waals surface area (Å²) < 4.78 is 65.4. The predicted molar refractivity (Wildman–Crippen MR) is 69.6 cm³/mol. The van der Waals surface area contributed by atoms with Gasteiger partial charge in [-0.15, -0.1) is 0 Å². The Balaban J connectivity index is 2.56. The van der Waals surface area contributed by atoms with Crippen LogP contribution in [0.2, 0.25) is 0 Å². The van der Waals surface area contributed by atoms with Crippen LogP contribution in [0.5, 0.6) is 0 Å². The van der Waals surface area contributed by atoms with E-state index in [-0.39, 0.29) is 10.0 Å². The van der Waals surface area contributed by atoms with Crippen LogP contribution in [0.25, 0.3) is 0 Å². The van der Waals surface area contributed by atoms with E-state index >= 15 is 0 Å². The molecule has 2 aromatic carbocycles. The maximum Gasteiger partial charge on any atom is 0.416 e. The number of hydrogen-bond acceptors (Lipinski definition) is 1. The highest BCUT2D eigenvalue weighted by Crippen LogP contribution is 2.36. The smallest absolute Gasteiger partial charge is 0.383 e. The molecule has 0 radical (unpaired) electrons. The van der Waals surface area contributed by atoms with Gasteiger partial charge in [-0.3, -0.25) is 0 Å². The third-order valence-corrected chi connectivity index (χ3v) is 3.61. The highest BCUT2D eigenvalue weighted by molar-refractivity contribution is 9.10. The van der Waals surface area contributed by atoms with Crippen LogP contribution in [-0.4, -0.2) is 5.11 Å². The van der Waals surface area contributed by atoms with Crippen LogP contribution in [0.3, 0.4) is 0 Å². The van der Waals surface area contributed by atoms with Crippen LogP contribution in [0, 0.1) is 11.6 Å². The molecule has 0 aliphatic carbocycles. The second-order valence-corrected chi connectivity index (χ2v) is 5.13. The molecule has 0 aromatic heterocycles. The number of aliphatic hydroxyl groups is 1. The fourth-order valence-electron chi connectivity index (χ4n) is 1.86. The Bertz CT molecular complexity index is 649. The van der Waals surface area contributed by atoms with Crippen LogP contribution in [0.4, 0.5) is 22.0 Å². The van der Waals surface area contributed by atoms with Crippen molar-refractivity contribution in [3.05, 3.63) is 69.2 Å². The molecule has 0 amide bonds. The van der Waals surface area contributed by atoms with Gasteiger partial charge >= 0.3 is 6.18 Å². The first kappa shape index (κ1) is 15.9. The minimum atomic E-state index is -4.62. The number of alkyl halides is 3. The molecule has 1 unspecified atom stereocenters. The lowest BCUT2D eigenvalue weighted by atomic mass is 9.98. The van der Waals surface area contributed by atoms with Gasteiger partial charge in [-0.05, 0) is 35.9 Å². The summed E-state index contributed by atoms with van der Waals surface area (Å²) in [5.41, 5.74) is -1.98. The van der Waals surface area contributed by atoms with Gasteiger partial charge in [-0.1, -0.05) is 22.0 Å². The van der Waals surface area contributed by atoms with Crippen molar-refractivity contribution in [2.24, 2.45) is 0 Å². The van der Waals surface area contributed by atoms with Crippen molar-refractivity contribution in [2.75, 3.05) is 0 Å². The molecule has 1 atom stereocenters. The SMILES string of the molecule is OC(c1cc(C(F)(F)F)ccc1Br)c1c(F)cccc1F. The van der Waals surface area contributed by atoms with Gasteiger partial charge in [0.15, 0.2) is 0 Å². The third kappa shape index (κ3) is 3.24. The highest BCUT2D eigenvalue weighted by atomic mass is 79.9. The van der Waals surface area contributed by atoms with Crippen LogP contribution >= 0.6 is 15.9 Å². The Morgan fingerprint density at radius 1 is 1.00 bits per heavy atom. The van der Waals surface area contributed by atoms with Crippen LogP contribution in [0.1, 0.15) is 22.8 Å².